The number of hydrogen-bond acceptors (Lipinski definition) is 3. The molecule has 0 amide bonds. The number of aryl methyl sites for hydroxylation is 2. The van der Waals surface area contributed by atoms with Crippen LogP contribution < -0.4 is 0 Å². The third-order valence-corrected chi connectivity index (χ3v) is 3.52. The molecule has 0 fully saturated rings. The maximum atomic E-state index is 12.1. The molecule has 84 valence electrons. The van der Waals surface area contributed by atoms with E-state index < -0.39 is 0 Å². The molecule has 0 unspecified atom stereocenters. The molecule has 2 aromatic heterocycles. The van der Waals surface area contributed by atoms with Crippen molar-refractivity contribution < 1.29 is 9.21 Å². The van der Waals surface area contributed by atoms with Gasteiger partial charge in [0.25, 0.3) is 0 Å². The van der Waals surface area contributed by atoms with Gasteiger partial charge in [0.1, 0.15) is 5.76 Å². The number of rotatable bonds is 4. The number of thiophene rings is 1. The molecule has 2 rings (SSSR count). The van der Waals surface area contributed by atoms with Crippen molar-refractivity contribution in [3.8, 4) is 0 Å². The second-order valence-corrected chi connectivity index (χ2v) is 4.49. The van der Waals surface area contributed by atoms with E-state index in [0.717, 1.165) is 29.0 Å². The van der Waals surface area contributed by atoms with Gasteiger partial charge in [0.2, 0.25) is 5.78 Å². The first kappa shape index (κ1) is 11.1. The highest BCUT2D eigenvalue weighted by atomic mass is 32.1. The molecule has 0 atom stereocenters. The Morgan fingerprint density at radius 3 is 2.69 bits per heavy atom. The summed E-state index contributed by atoms with van der Waals surface area (Å²) < 4.78 is 5.48. The van der Waals surface area contributed by atoms with E-state index in [9.17, 15) is 4.79 Å². The molecule has 0 radical (unpaired) electrons. The first-order valence-electron chi connectivity index (χ1n) is 5.46. The van der Waals surface area contributed by atoms with Gasteiger partial charge >= 0.3 is 0 Å². The maximum Gasteiger partial charge on any atom is 0.238 e. The van der Waals surface area contributed by atoms with Crippen molar-refractivity contribution in [2.45, 2.75) is 26.7 Å². The van der Waals surface area contributed by atoms with E-state index in [1.165, 1.54) is 11.3 Å². The van der Waals surface area contributed by atoms with Crippen molar-refractivity contribution >= 4 is 17.1 Å². The van der Waals surface area contributed by atoms with Gasteiger partial charge in [-0.1, -0.05) is 13.8 Å². The van der Waals surface area contributed by atoms with Gasteiger partial charge < -0.3 is 4.42 Å². The van der Waals surface area contributed by atoms with Gasteiger partial charge in [-0.25, -0.2) is 0 Å². The summed E-state index contributed by atoms with van der Waals surface area (Å²) in [5, 5.41) is 1.95. The quantitative estimate of drug-likeness (QED) is 0.755. The molecule has 0 bridgehead atoms. The number of carbonyl (C=O) groups is 1. The van der Waals surface area contributed by atoms with Crippen molar-refractivity contribution in [3.63, 3.8) is 0 Å². The minimum absolute atomic E-state index is 0.00606. The second kappa shape index (κ2) is 4.66. The fraction of sp³-hybridized carbons (Fsp3) is 0.308. The minimum Gasteiger partial charge on any atom is -0.458 e. The van der Waals surface area contributed by atoms with Gasteiger partial charge in [0.15, 0.2) is 5.76 Å². The molecular formula is C13H14O2S. The number of carbonyl (C=O) groups excluding carboxylic acids is 1. The average molecular weight is 234 g/mol. The fourth-order valence-corrected chi connectivity index (χ4v) is 2.55. The van der Waals surface area contributed by atoms with Crippen LogP contribution in [-0.4, -0.2) is 5.78 Å². The number of ketones is 1. The largest absolute Gasteiger partial charge is 0.458 e. The normalized spacial score (nSPS) is 10.6. The van der Waals surface area contributed by atoms with E-state index in [4.69, 9.17) is 4.42 Å². The van der Waals surface area contributed by atoms with Crippen molar-refractivity contribution in [3.05, 3.63) is 45.5 Å². The molecule has 2 aromatic rings. The molecule has 0 aliphatic heterocycles. The van der Waals surface area contributed by atoms with Crippen LogP contribution in [0.5, 0.6) is 0 Å². The highest BCUT2D eigenvalue weighted by Gasteiger charge is 2.17. The Morgan fingerprint density at radius 1 is 1.25 bits per heavy atom. The van der Waals surface area contributed by atoms with E-state index in [0.29, 0.717) is 5.76 Å². The maximum absolute atomic E-state index is 12.1. The average Bonchev–Trinajstić information content (AvgIpc) is 2.96. The highest BCUT2D eigenvalue weighted by Crippen LogP contribution is 2.22. The van der Waals surface area contributed by atoms with Crippen LogP contribution in [0, 0.1) is 0 Å². The molecule has 2 heterocycles. The molecule has 0 aromatic carbocycles. The Kier molecular flexibility index (Phi) is 3.25. The van der Waals surface area contributed by atoms with Gasteiger partial charge in [-0.3, -0.25) is 4.79 Å². The monoisotopic (exact) mass is 234 g/mol. The SMILES string of the molecule is CCc1ccc(C(=O)c2sccc2CC)o1. The first-order valence-corrected chi connectivity index (χ1v) is 6.34. The lowest BCUT2D eigenvalue weighted by Crippen LogP contribution is -1.99. The molecule has 0 spiro atoms. The Bertz CT molecular complexity index is 494. The predicted molar refractivity (Wildman–Crippen MR) is 65.2 cm³/mol. The molecule has 0 aliphatic carbocycles. The zero-order chi connectivity index (χ0) is 11.5. The molecule has 0 saturated carbocycles. The molecule has 2 nitrogen and oxygen atoms in total. The van der Waals surface area contributed by atoms with Crippen molar-refractivity contribution in [1.82, 2.24) is 0 Å². The fourth-order valence-electron chi connectivity index (χ4n) is 1.62. The second-order valence-electron chi connectivity index (χ2n) is 3.58. The zero-order valence-corrected chi connectivity index (χ0v) is 10.3. The molecular weight excluding hydrogens is 220 g/mol. The first-order chi connectivity index (χ1) is 7.76. The van der Waals surface area contributed by atoms with E-state index in [-0.39, 0.29) is 5.78 Å². The Balaban J connectivity index is 2.31. The van der Waals surface area contributed by atoms with Gasteiger partial charge in [-0.05, 0) is 35.6 Å². The summed E-state index contributed by atoms with van der Waals surface area (Å²) in [4.78, 5) is 12.9. The smallest absolute Gasteiger partial charge is 0.238 e. The van der Waals surface area contributed by atoms with E-state index in [2.05, 4.69) is 6.92 Å². The van der Waals surface area contributed by atoms with Crippen LogP contribution in [0.3, 0.4) is 0 Å². The topological polar surface area (TPSA) is 30.2 Å². The van der Waals surface area contributed by atoms with Crippen LogP contribution in [0.1, 0.15) is 40.6 Å². The lowest BCUT2D eigenvalue weighted by atomic mass is 10.1. The third-order valence-electron chi connectivity index (χ3n) is 2.57. The summed E-state index contributed by atoms with van der Waals surface area (Å²) in [5.74, 6) is 1.32. The van der Waals surface area contributed by atoms with Crippen LogP contribution in [0.4, 0.5) is 0 Å². The summed E-state index contributed by atoms with van der Waals surface area (Å²) in [7, 11) is 0. The van der Waals surface area contributed by atoms with Crippen molar-refractivity contribution in [2.75, 3.05) is 0 Å². The van der Waals surface area contributed by atoms with E-state index >= 15 is 0 Å². The number of furan rings is 1. The van der Waals surface area contributed by atoms with E-state index in [1.807, 2.05) is 24.4 Å². The lowest BCUT2D eigenvalue weighted by Gasteiger charge is -1.97. The zero-order valence-electron chi connectivity index (χ0n) is 9.45. The summed E-state index contributed by atoms with van der Waals surface area (Å²) in [6.07, 6.45) is 1.70. The third kappa shape index (κ3) is 1.95. The van der Waals surface area contributed by atoms with Crippen LogP contribution in [0.25, 0.3) is 0 Å². The summed E-state index contributed by atoms with van der Waals surface area (Å²) in [6.45, 7) is 4.06. The summed E-state index contributed by atoms with van der Waals surface area (Å²) in [5.41, 5.74) is 1.10. The molecule has 16 heavy (non-hydrogen) atoms. The van der Waals surface area contributed by atoms with Gasteiger partial charge in [-0.15, -0.1) is 11.3 Å². The van der Waals surface area contributed by atoms with E-state index in [1.54, 1.807) is 6.07 Å². The standard InChI is InChI=1S/C13H14O2S/c1-3-9-7-8-16-13(9)12(14)11-6-5-10(4-2)15-11/h5-8H,3-4H2,1-2H3. The van der Waals surface area contributed by atoms with Crippen LogP contribution in [-0.2, 0) is 12.8 Å². The van der Waals surface area contributed by atoms with Gasteiger partial charge in [0, 0.05) is 6.42 Å². The summed E-state index contributed by atoms with van der Waals surface area (Å²) in [6, 6.07) is 5.63. The van der Waals surface area contributed by atoms with Crippen LogP contribution in [0.2, 0.25) is 0 Å². The van der Waals surface area contributed by atoms with Gasteiger partial charge in [-0.2, -0.15) is 0 Å². The molecule has 3 heteroatoms. The Hall–Kier alpha value is -1.35. The van der Waals surface area contributed by atoms with Crippen molar-refractivity contribution in [2.24, 2.45) is 0 Å². The van der Waals surface area contributed by atoms with Crippen molar-refractivity contribution in [1.29, 1.82) is 0 Å². The van der Waals surface area contributed by atoms with Gasteiger partial charge in [0.05, 0.1) is 4.88 Å². The highest BCUT2D eigenvalue weighted by molar-refractivity contribution is 7.12. The summed E-state index contributed by atoms with van der Waals surface area (Å²) >= 11 is 1.48. The van der Waals surface area contributed by atoms with Crippen LogP contribution in [0.15, 0.2) is 28.0 Å². The lowest BCUT2D eigenvalue weighted by molar-refractivity contribution is 0.101. The Labute approximate surface area is 98.9 Å². The number of hydrogen-bond donors (Lipinski definition) is 0. The molecule has 0 aliphatic rings. The van der Waals surface area contributed by atoms with Crippen LogP contribution >= 0.6 is 11.3 Å². The molecule has 0 N–H and O–H groups in total. The Morgan fingerprint density at radius 2 is 2.06 bits per heavy atom. The molecule has 0 saturated heterocycles. The predicted octanol–water partition coefficient (Wildman–Crippen LogP) is 3.70. The minimum atomic E-state index is 0.00606.